The Balaban J connectivity index is 3.24. The van der Waals surface area contributed by atoms with E-state index in [1.807, 2.05) is 0 Å². The van der Waals surface area contributed by atoms with E-state index in [2.05, 4.69) is 26.7 Å². The van der Waals surface area contributed by atoms with Gasteiger partial charge < -0.3 is 4.84 Å². The SMILES string of the molecule is NOc1ccc(Br)cc1C(F)(F)F. The Bertz CT molecular complexity index is 313. The third-order valence-electron chi connectivity index (χ3n) is 1.37. The van der Waals surface area contributed by atoms with Crippen molar-refractivity contribution in [1.82, 2.24) is 0 Å². The second-order valence-electron chi connectivity index (χ2n) is 2.26. The second kappa shape index (κ2) is 3.55. The van der Waals surface area contributed by atoms with Gasteiger partial charge in [-0.2, -0.15) is 19.1 Å². The van der Waals surface area contributed by atoms with Crippen LogP contribution in [0.3, 0.4) is 0 Å². The maximum atomic E-state index is 12.3. The molecule has 0 radical (unpaired) electrons. The first-order chi connectivity index (χ1) is 5.95. The van der Waals surface area contributed by atoms with Crippen LogP contribution in [-0.2, 0) is 6.18 Å². The third-order valence-corrected chi connectivity index (χ3v) is 1.87. The Hall–Kier alpha value is -0.750. The van der Waals surface area contributed by atoms with Crippen molar-refractivity contribution >= 4 is 15.9 Å². The molecule has 0 aliphatic rings. The van der Waals surface area contributed by atoms with Crippen LogP contribution < -0.4 is 10.7 Å². The molecule has 0 fully saturated rings. The van der Waals surface area contributed by atoms with Gasteiger partial charge in [-0.25, -0.2) is 0 Å². The Labute approximate surface area is 80.6 Å². The van der Waals surface area contributed by atoms with Gasteiger partial charge in [-0.1, -0.05) is 15.9 Å². The smallest absolute Gasteiger partial charge is 0.411 e. The Kier molecular flexibility index (Phi) is 2.82. The van der Waals surface area contributed by atoms with E-state index in [0.717, 1.165) is 12.1 Å². The molecule has 2 nitrogen and oxygen atoms in total. The zero-order valence-corrected chi connectivity index (χ0v) is 7.82. The van der Waals surface area contributed by atoms with Gasteiger partial charge in [0.15, 0.2) is 5.75 Å². The fraction of sp³-hybridized carbons (Fsp3) is 0.143. The highest BCUT2D eigenvalue weighted by Crippen LogP contribution is 2.37. The highest BCUT2D eigenvalue weighted by atomic mass is 79.9. The van der Waals surface area contributed by atoms with Crippen molar-refractivity contribution in [2.45, 2.75) is 6.18 Å². The lowest BCUT2D eigenvalue weighted by atomic mass is 10.2. The summed E-state index contributed by atoms with van der Waals surface area (Å²) in [6, 6.07) is 3.46. The van der Waals surface area contributed by atoms with Crippen molar-refractivity contribution in [2.75, 3.05) is 0 Å². The van der Waals surface area contributed by atoms with Crippen LogP contribution in [0.25, 0.3) is 0 Å². The average Bonchev–Trinajstić information content (AvgIpc) is 2.03. The summed E-state index contributed by atoms with van der Waals surface area (Å²) in [5.41, 5.74) is -0.899. The van der Waals surface area contributed by atoms with Crippen LogP contribution in [-0.4, -0.2) is 0 Å². The minimum atomic E-state index is -4.46. The topological polar surface area (TPSA) is 35.2 Å². The first-order valence-corrected chi connectivity index (χ1v) is 3.98. The van der Waals surface area contributed by atoms with Crippen molar-refractivity contribution in [3.8, 4) is 5.75 Å². The standard InChI is InChI=1S/C7H5BrF3NO/c8-4-1-2-6(13-12)5(3-4)7(9,10)11/h1-3H,12H2. The lowest BCUT2D eigenvalue weighted by Crippen LogP contribution is -2.11. The molecule has 0 saturated carbocycles. The zero-order valence-electron chi connectivity index (χ0n) is 6.23. The molecule has 0 heterocycles. The summed E-state index contributed by atoms with van der Waals surface area (Å²) in [5, 5.41) is 0. The first kappa shape index (κ1) is 10.3. The zero-order chi connectivity index (χ0) is 10.1. The van der Waals surface area contributed by atoms with E-state index in [1.54, 1.807) is 0 Å². The fourth-order valence-corrected chi connectivity index (χ4v) is 1.19. The van der Waals surface area contributed by atoms with E-state index in [1.165, 1.54) is 6.07 Å². The minimum Gasteiger partial charge on any atom is -0.411 e. The fourth-order valence-electron chi connectivity index (χ4n) is 0.827. The van der Waals surface area contributed by atoms with Crippen LogP contribution in [0.5, 0.6) is 5.75 Å². The molecule has 1 aromatic carbocycles. The van der Waals surface area contributed by atoms with Crippen molar-refractivity contribution in [2.24, 2.45) is 5.90 Å². The Morgan fingerprint density at radius 1 is 1.31 bits per heavy atom. The van der Waals surface area contributed by atoms with Crippen molar-refractivity contribution in [3.63, 3.8) is 0 Å². The number of halogens is 4. The number of hydrogen-bond donors (Lipinski definition) is 1. The first-order valence-electron chi connectivity index (χ1n) is 3.18. The van der Waals surface area contributed by atoms with Gasteiger partial charge in [0.1, 0.15) is 5.56 Å². The van der Waals surface area contributed by atoms with Crippen LogP contribution in [0.2, 0.25) is 0 Å². The predicted octanol–water partition coefficient (Wildman–Crippen LogP) is 2.72. The summed E-state index contributed by atoms with van der Waals surface area (Å²) in [4.78, 5) is 4.09. The summed E-state index contributed by atoms with van der Waals surface area (Å²) < 4.78 is 37.1. The van der Waals surface area contributed by atoms with Gasteiger partial charge in [0.05, 0.1) is 0 Å². The number of alkyl halides is 3. The molecule has 0 unspecified atom stereocenters. The molecule has 0 amide bonds. The van der Waals surface area contributed by atoms with E-state index >= 15 is 0 Å². The van der Waals surface area contributed by atoms with E-state index in [4.69, 9.17) is 0 Å². The maximum Gasteiger partial charge on any atom is 0.420 e. The molecule has 0 aliphatic carbocycles. The van der Waals surface area contributed by atoms with Crippen LogP contribution >= 0.6 is 15.9 Å². The molecule has 0 saturated heterocycles. The molecule has 6 heteroatoms. The van der Waals surface area contributed by atoms with E-state index in [-0.39, 0.29) is 0 Å². The monoisotopic (exact) mass is 255 g/mol. The molecule has 0 aliphatic heterocycles. The molecule has 72 valence electrons. The van der Waals surface area contributed by atoms with Crippen molar-refractivity contribution in [3.05, 3.63) is 28.2 Å². The minimum absolute atomic E-state index is 0.320. The van der Waals surface area contributed by atoms with Crippen molar-refractivity contribution < 1.29 is 18.0 Å². The highest BCUT2D eigenvalue weighted by Gasteiger charge is 2.34. The molecule has 2 N–H and O–H groups in total. The Morgan fingerprint density at radius 3 is 2.38 bits per heavy atom. The maximum absolute atomic E-state index is 12.3. The van der Waals surface area contributed by atoms with Gasteiger partial charge in [-0.05, 0) is 18.2 Å². The molecule has 13 heavy (non-hydrogen) atoms. The molecule has 0 spiro atoms. The third kappa shape index (κ3) is 2.35. The average molecular weight is 256 g/mol. The van der Waals surface area contributed by atoms with Crippen LogP contribution in [0.1, 0.15) is 5.56 Å². The van der Waals surface area contributed by atoms with Crippen LogP contribution in [0, 0.1) is 0 Å². The summed E-state index contributed by atoms with van der Waals surface area (Å²) in [7, 11) is 0. The predicted molar refractivity (Wildman–Crippen MR) is 44.0 cm³/mol. The molecule has 0 bridgehead atoms. The summed E-state index contributed by atoms with van der Waals surface area (Å²) in [5.74, 6) is 4.29. The molecule has 0 aromatic heterocycles. The van der Waals surface area contributed by atoms with Gasteiger partial charge in [0.25, 0.3) is 0 Å². The number of rotatable bonds is 1. The highest BCUT2D eigenvalue weighted by molar-refractivity contribution is 9.10. The number of benzene rings is 1. The largest absolute Gasteiger partial charge is 0.420 e. The van der Waals surface area contributed by atoms with E-state index in [0.29, 0.717) is 4.47 Å². The quantitative estimate of drug-likeness (QED) is 0.784. The van der Waals surface area contributed by atoms with Gasteiger partial charge in [0.2, 0.25) is 0 Å². The van der Waals surface area contributed by atoms with E-state index < -0.39 is 17.5 Å². The van der Waals surface area contributed by atoms with Gasteiger partial charge >= 0.3 is 6.18 Å². The molecule has 1 aromatic rings. The Morgan fingerprint density at radius 2 is 1.92 bits per heavy atom. The van der Waals surface area contributed by atoms with E-state index in [9.17, 15) is 13.2 Å². The molecular formula is C7H5BrF3NO. The van der Waals surface area contributed by atoms with Crippen molar-refractivity contribution in [1.29, 1.82) is 0 Å². The summed E-state index contributed by atoms with van der Waals surface area (Å²) in [6.07, 6.45) is -4.46. The lowest BCUT2D eigenvalue weighted by Gasteiger charge is -2.10. The second-order valence-corrected chi connectivity index (χ2v) is 3.17. The van der Waals surface area contributed by atoms with Crippen LogP contribution in [0.4, 0.5) is 13.2 Å². The van der Waals surface area contributed by atoms with Gasteiger partial charge in [-0.3, -0.25) is 0 Å². The lowest BCUT2D eigenvalue weighted by molar-refractivity contribution is -0.139. The number of hydrogen-bond acceptors (Lipinski definition) is 2. The summed E-state index contributed by atoms with van der Waals surface area (Å²) in [6.45, 7) is 0. The summed E-state index contributed by atoms with van der Waals surface area (Å²) >= 11 is 2.92. The normalized spacial score (nSPS) is 11.5. The molecular weight excluding hydrogens is 251 g/mol. The number of nitrogens with two attached hydrogens (primary N) is 1. The van der Waals surface area contributed by atoms with Gasteiger partial charge in [0, 0.05) is 4.47 Å². The molecule has 0 atom stereocenters. The van der Waals surface area contributed by atoms with Crippen LogP contribution in [0.15, 0.2) is 22.7 Å². The van der Waals surface area contributed by atoms with Gasteiger partial charge in [-0.15, -0.1) is 0 Å². The molecule has 1 rings (SSSR count).